The van der Waals surface area contributed by atoms with Crippen LogP contribution in [-0.4, -0.2) is 11.8 Å². The maximum atomic E-state index is 12.9. The second-order valence-electron chi connectivity index (χ2n) is 8.68. The molecule has 1 aliphatic heterocycles. The fraction of sp³-hybridized carbons (Fsp3) is 0.185. The highest BCUT2D eigenvalue weighted by Crippen LogP contribution is 2.38. The predicted molar refractivity (Wildman–Crippen MR) is 121 cm³/mol. The van der Waals surface area contributed by atoms with Crippen LogP contribution >= 0.6 is 0 Å². The maximum Gasteiger partial charge on any atom is 0.316 e. The lowest BCUT2D eigenvalue weighted by Crippen LogP contribution is -2.25. The van der Waals surface area contributed by atoms with Crippen LogP contribution in [0.15, 0.2) is 72.5 Å². The van der Waals surface area contributed by atoms with Gasteiger partial charge in [0, 0.05) is 6.07 Å². The summed E-state index contributed by atoms with van der Waals surface area (Å²) in [6.07, 6.45) is 1.73. The summed E-state index contributed by atoms with van der Waals surface area (Å²) in [5.74, 6) is 0.523. The van der Waals surface area contributed by atoms with Crippen molar-refractivity contribution in [1.82, 2.24) is 0 Å². The van der Waals surface area contributed by atoms with E-state index in [1.54, 1.807) is 39.0 Å². The molecule has 3 aromatic carbocycles. The molecule has 0 spiro atoms. The standard InChI is InChI=1S/C27H24O4/c1-17-14-21(30-26(29)27(2,3)4)16-22-24(17)25(28)23(31-22)15-18-10-12-20(13-11-18)19-8-6-5-7-9-19/h5-16H,1-4H3/b23-15-. The van der Waals surface area contributed by atoms with Gasteiger partial charge in [0.2, 0.25) is 5.78 Å². The van der Waals surface area contributed by atoms with Crippen molar-refractivity contribution in [2.45, 2.75) is 27.7 Å². The maximum absolute atomic E-state index is 12.9. The Bertz CT molecular complexity index is 1180. The summed E-state index contributed by atoms with van der Waals surface area (Å²) in [5.41, 5.74) is 3.69. The molecule has 0 N–H and O–H groups in total. The lowest BCUT2D eigenvalue weighted by atomic mass is 9.97. The molecule has 156 valence electrons. The Balaban J connectivity index is 1.58. The largest absolute Gasteiger partial charge is 0.452 e. The van der Waals surface area contributed by atoms with E-state index >= 15 is 0 Å². The minimum absolute atomic E-state index is 0.173. The third-order valence-electron chi connectivity index (χ3n) is 5.08. The molecule has 0 aliphatic carbocycles. The summed E-state index contributed by atoms with van der Waals surface area (Å²) in [7, 11) is 0. The first-order chi connectivity index (χ1) is 14.7. The van der Waals surface area contributed by atoms with Crippen LogP contribution in [-0.2, 0) is 4.79 Å². The number of esters is 1. The fourth-order valence-electron chi connectivity index (χ4n) is 3.35. The molecule has 0 radical (unpaired) electrons. The summed E-state index contributed by atoms with van der Waals surface area (Å²) in [6, 6.07) is 21.3. The number of aryl methyl sites for hydroxylation is 1. The van der Waals surface area contributed by atoms with Crippen molar-refractivity contribution in [3.63, 3.8) is 0 Å². The van der Waals surface area contributed by atoms with Crippen molar-refractivity contribution >= 4 is 17.8 Å². The third-order valence-corrected chi connectivity index (χ3v) is 5.08. The Morgan fingerprint density at radius 1 is 0.935 bits per heavy atom. The van der Waals surface area contributed by atoms with Crippen molar-refractivity contribution in [1.29, 1.82) is 0 Å². The predicted octanol–water partition coefficient (Wildman–Crippen LogP) is 6.23. The van der Waals surface area contributed by atoms with Crippen LogP contribution in [0, 0.1) is 12.3 Å². The van der Waals surface area contributed by atoms with E-state index in [4.69, 9.17) is 9.47 Å². The molecule has 1 aliphatic rings. The van der Waals surface area contributed by atoms with Crippen molar-refractivity contribution in [2.24, 2.45) is 5.41 Å². The second kappa shape index (κ2) is 7.88. The number of ketones is 1. The van der Waals surface area contributed by atoms with Gasteiger partial charge < -0.3 is 9.47 Å². The van der Waals surface area contributed by atoms with Crippen LogP contribution in [0.4, 0.5) is 0 Å². The van der Waals surface area contributed by atoms with Gasteiger partial charge in [-0.2, -0.15) is 0 Å². The van der Waals surface area contributed by atoms with Crippen molar-refractivity contribution in [3.05, 3.63) is 89.2 Å². The molecule has 0 aromatic heterocycles. The summed E-state index contributed by atoms with van der Waals surface area (Å²) >= 11 is 0. The van der Waals surface area contributed by atoms with E-state index < -0.39 is 5.41 Å². The van der Waals surface area contributed by atoms with Crippen LogP contribution in [0.1, 0.15) is 42.3 Å². The highest BCUT2D eigenvalue weighted by atomic mass is 16.5. The molecule has 1 heterocycles. The molecule has 0 fully saturated rings. The molecule has 0 saturated heterocycles. The number of carbonyl (C=O) groups excluding carboxylic acids is 2. The summed E-state index contributed by atoms with van der Waals surface area (Å²) in [4.78, 5) is 25.1. The zero-order valence-corrected chi connectivity index (χ0v) is 18.1. The molecule has 3 aromatic rings. The van der Waals surface area contributed by atoms with Crippen molar-refractivity contribution in [2.75, 3.05) is 0 Å². The normalized spacial score (nSPS) is 14.3. The molecule has 4 nitrogen and oxygen atoms in total. The van der Waals surface area contributed by atoms with E-state index in [0.29, 0.717) is 22.6 Å². The van der Waals surface area contributed by atoms with Crippen molar-refractivity contribution in [3.8, 4) is 22.6 Å². The molecule has 0 saturated carbocycles. The fourth-order valence-corrected chi connectivity index (χ4v) is 3.35. The number of ether oxygens (including phenoxy) is 2. The first-order valence-electron chi connectivity index (χ1n) is 10.2. The van der Waals surface area contributed by atoms with E-state index in [0.717, 1.165) is 16.7 Å². The van der Waals surface area contributed by atoms with E-state index in [9.17, 15) is 9.59 Å². The number of fused-ring (bicyclic) bond motifs is 1. The van der Waals surface area contributed by atoms with Crippen molar-refractivity contribution < 1.29 is 19.1 Å². The van der Waals surface area contributed by atoms with E-state index in [-0.39, 0.29) is 17.5 Å². The molecule has 0 bridgehead atoms. The SMILES string of the molecule is Cc1cc(OC(=O)C(C)(C)C)cc2c1C(=O)/C(=C/c1ccc(-c3ccccc3)cc1)O2. The summed E-state index contributed by atoms with van der Waals surface area (Å²) < 4.78 is 11.3. The minimum Gasteiger partial charge on any atom is -0.452 e. The topological polar surface area (TPSA) is 52.6 Å². The number of carbonyl (C=O) groups is 2. The van der Waals surface area contributed by atoms with Crippen LogP contribution in [0.2, 0.25) is 0 Å². The monoisotopic (exact) mass is 412 g/mol. The highest BCUT2D eigenvalue weighted by molar-refractivity contribution is 6.15. The van der Waals surface area contributed by atoms with Gasteiger partial charge in [0.05, 0.1) is 11.0 Å². The van der Waals surface area contributed by atoms with E-state index in [2.05, 4.69) is 12.1 Å². The van der Waals surface area contributed by atoms with Gasteiger partial charge >= 0.3 is 5.97 Å². The molecule has 4 heteroatoms. The molecule has 4 rings (SSSR count). The zero-order chi connectivity index (χ0) is 22.2. The van der Waals surface area contributed by atoms with Crippen LogP contribution in [0.25, 0.3) is 17.2 Å². The van der Waals surface area contributed by atoms with Gasteiger partial charge in [0.1, 0.15) is 11.5 Å². The number of rotatable bonds is 3. The Kier molecular flexibility index (Phi) is 5.24. The Hall–Kier alpha value is -3.66. The molecule has 0 atom stereocenters. The Labute approximate surface area is 182 Å². The lowest BCUT2D eigenvalue weighted by Gasteiger charge is -2.16. The van der Waals surface area contributed by atoms with Crippen LogP contribution in [0.5, 0.6) is 11.5 Å². The first-order valence-corrected chi connectivity index (χ1v) is 10.2. The minimum atomic E-state index is -0.624. The average Bonchev–Trinajstić information content (AvgIpc) is 3.04. The quantitative estimate of drug-likeness (QED) is 0.291. The van der Waals surface area contributed by atoms with Gasteiger partial charge in [-0.05, 0) is 62.1 Å². The highest BCUT2D eigenvalue weighted by Gasteiger charge is 2.31. The van der Waals surface area contributed by atoms with Gasteiger partial charge in [0.15, 0.2) is 5.76 Å². The molecular formula is C27H24O4. The van der Waals surface area contributed by atoms with Gasteiger partial charge in [-0.1, -0.05) is 54.6 Å². The molecule has 0 unspecified atom stereocenters. The Morgan fingerprint density at radius 2 is 1.58 bits per heavy atom. The molecular weight excluding hydrogens is 388 g/mol. The number of hydrogen-bond donors (Lipinski definition) is 0. The summed E-state index contributed by atoms with van der Waals surface area (Å²) in [5, 5.41) is 0. The van der Waals surface area contributed by atoms with Crippen LogP contribution < -0.4 is 9.47 Å². The third kappa shape index (κ3) is 4.29. The first kappa shape index (κ1) is 20.6. The van der Waals surface area contributed by atoms with Gasteiger partial charge in [-0.25, -0.2) is 0 Å². The lowest BCUT2D eigenvalue weighted by molar-refractivity contribution is -0.143. The van der Waals surface area contributed by atoms with E-state index in [1.807, 2.05) is 49.4 Å². The van der Waals surface area contributed by atoms with E-state index in [1.165, 1.54) is 0 Å². The van der Waals surface area contributed by atoms with Gasteiger partial charge in [-0.15, -0.1) is 0 Å². The Morgan fingerprint density at radius 3 is 2.23 bits per heavy atom. The molecule has 0 amide bonds. The second-order valence-corrected chi connectivity index (χ2v) is 8.68. The smallest absolute Gasteiger partial charge is 0.316 e. The van der Waals surface area contributed by atoms with Gasteiger partial charge in [0.25, 0.3) is 0 Å². The number of benzene rings is 3. The molecule has 31 heavy (non-hydrogen) atoms. The summed E-state index contributed by atoms with van der Waals surface area (Å²) in [6.45, 7) is 7.19. The number of Topliss-reactive ketones (excluding diaryl/α,β-unsaturated/α-hetero) is 1. The zero-order valence-electron chi connectivity index (χ0n) is 18.1. The van der Waals surface area contributed by atoms with Crippen LogP contribution in [0.3, 0.4) is 0 Å². The average molecular weight is 412 g/mol. The number of hydrogen-bond acceptors (Lipinski definition) is 4. The number of allylic oxidation sites excluding steroid dienone is 1. The van der Waals surface area contributed by atoms with Gasteiger partial charge in [-0.3, -0.25) is 9.59 Å².